The van der Waals surface area contributed by atoms with E-state index in [2.05, 4.69) is 15.0 Å². The first-order chi connectivity index (χ1) is 13.3. The van der Waals surface area contributed by atoms with E-state index >= 15 is 0 Å². The summed E-state index contributed by atoms with van der Waals surface area (Å²) in [6.45, 7) is -0.673. The summed E-state index contributed by atoms with van der Waals surface area (Å²) in [4.78, 5) is 11.8. The standard InChI is InChI=1S/C16H16F3N3O6/c1-27-16(26)15-14(25)12(13(24)10(5-23)28-15)22-4-9(20-21-22)6-2-7(17)11(19)8(18)3-6/h2-4,10,12-15,23-25H,5H2,1H3/t10-,12+,13+,14-,15-/m1/s1. The van der Waals surface area contributed by atoms with Crippen LogP contribution in [0.25, 0.3) is 11.3 Å². The SMILES string of the molecule is COC(=O)[C@@H]1O[C@H](CO)[C@H](O)[C@H](n2cc(-c3cc(F)c(F)c(F)c3)nn2)[C@H]1O. The van der Waals surface area contributed by atoms with Crippen LogP contribution in [-0.4, -0.2) is 74.4 Å². The molecule has 1 aliphatic rings. The Kier molecular flexibility index (Phi) is 5.65. The van der Waals surface area contributed by atoms with Crippen molar-refractivity contribution in [2.45, 2.75) is 30.5 Å². The third-order valence-corrected chi connectivity index (χ3v) is 4.42. The monoisotopic (exact) mass is 403 g/mol. The van der Waals surface area contributed by atoms with E-state index in [0.29, 0.717) is 12.1 Å². The zero-order valence-electron chi connectivity index (χ0n) is 14.4. The predicted molar refractivity (Wildman–Crippen MR) is 84.1 cm³/mol. The number of aliphatic hydroxyl groups excluding tert-OH is 3. The van der Waals surface area contributed by atoms with Crippen molar-refractivity contribution >= 4 is 5.97 Å². The number of nitrogens with zero attached hydrogens (tertiary/aromatic N) is 3. The van der Waals surface area contributed by atoms with Gasteiger partial charge in [-0.1, -0.05) is 5.21 Å². The number of aromatic nitrogens is 3. The van der Waals surface area contributed by atoms with Crippen LogP contribution in [0.4, 0.5) is 13.2 Å². The largest absolute Gasteiger partial charge is 0.467 e. The van der Waals surface area contributed by atoms with E-state index in [1.165, 1.54) is 0 Å². The van der Waals surface area contributed by atoms with Gasteiger partial charge < -0.3 is 24.8 Å². The number of esters is 1. The molecule has 2 aromatic rings. The summed E-state index contributed by atoms with van der Waals surface area (Å²) in [6.07, 6.45) is -4.77. The third-order valence-electron chi connectivity index (χ3n) is 4.42. The van der Waals surface area contributed by atoms with Gasteiger partial charge in [-0.2, -0.15) is 0 Å². The zero-order chi connectivity index (χ0) is 20.6. The molecule has 2 heterocycles. The van der Waals surface area contributed by atoms with E-state index in [0.717, 1.165) is 18.0 Å². The van der Waals surface area contributed by atoms with E-state index in [9.17, 15) is 33.3 Å². The van der Waals surface area contributed by atoms with Gasteiger partial charge in [0.1, 0.15) is 30.0 Å². The van der Waals surface area contributed by atoms with Gasteiger partial charge in [0.25, 0.3) is 0 Å². The Bertz CT molecular complexity index is 856. The molecular weight excluding hydrogens is 387 g/mol. The quantitative estimate of drug-likeness (QED) is 0.463. The molecule has 0 saturated carbocycles. The molecule has 9 nitrogen and oxygen atoms in total. The van der Waals surface area contributed by atoms with Gasteiger partial charge in [-0.25, -0.2) is 22.6 Å². The number of hydrogen-bond acceptors (Lipinski definition) is 8. The highest BCUT2D eigenvalue weighted by Crippen LogP contribution is 2.31. The summed E-state index contributed by atoms with van der Waals surface area (Å²) in [7, 11) is 1.07. The molecule has 0 amide bonds. The number of benzene rings is 1. The molecule has 12 heteroatoms. The molecule has 0 spiro atoms. The molecule has 28 heavy (non-hydrogen) atoms. The minimum atomic E-state index is -1.64. The Morgan fingerprint density at radius 1 is 1.25 bits per heavy atom. The number of rotatable bonds is 4. The second kappa shape index (κ2) is 7.83. The number of halogens is 3. The van der Waals surface area contributed by atoms with E-state index in [-0.39, 0.29) is 11.3 Å². The Labute approximate surface area is 155 Å². The second-order valence-corrected chi connectivity index (χ2v) is 6.11. The lowest BCUT2D eigenvalue weighted by molar-refractivity contribution is -0.216. The number of aliphatic hydroxyl groups is 3. The van der Waals surface area contributed by atoms with Gasteiger partial charge in [-0.3, -0.25) is 0 Å². The van der Waals surface area contributed by atoms with Crippen molar-refractivity contribution in [3.63, 3.8) is 0 Å². The maximum absolute atomic E-state index is 13.4. The number of methoxy groups -OCH3 is 1. The van der Waals surface area contributed by atoms with Crippen LogP contribution in [0.3, 0.4) is 0 Å². The lowest BCUT2D eigenvalue weighted by Gasteiger charge is -2.40. The van der Waals surface area contributed by atoms with Gasteiger partial charge in [0, 0.05) is 5.56 Å². The third kappa shape index (κ3) is 3.46. The van der Waals surface area contributed by atoms with Gasteiger partial charge in [0.15, 0.2) is 23.6 Å². The van der Waals surface area contributed by atoms with Crippen molar-refractivity contribution in [1.82, 2.24) is 15.0 Å². The molecule has 0 bridgehead atoms. The van der Waals surface area contributed by atoms with Gasteiger partial charge in [-0.05, 0) is 12.1 Å². The highest BCUT2D eigenvalue weighted by molar-refractivity contribution is 5.75. The van der Waals surface area contributed by atoms with Crippen LogP contribution >= 0.6 is 0 Å². The van der Waals surface area contributed by atoms with E-state index < -0.39 is 60.5 Å². The van der Waals surface area contributed by atoms with Gasteiger partial charge in [0.05, 0.1) is 19.9 Å². The van der Waals surface area contributed by atoms with Crippen molar-refractivity contribution in [3.8, 4) is 11.3 Å². The summed E-state index contributed by atoms with van der Waals surface area (Å²) in [5.74, 6) is -5.44. The van der Waals surface area contributed by atoms with Crippen LogP contribution in [-0.2, 0) is 14.3 Å². The fourth-order valence-corrected chi connectivity index (χ4v) is 2.98. The molecule has 0 aliphatic carbocycles. The van der Waals surface area contributed by atoms with Gasteiger partial charge in [0.2, 0.25) is 0 Å². The molecule has 1 saturated heterocycles. The Morgan fingerprint density at radius 3 is 2.46 bits per heavy atom. The van der Waals surface area contributed by atoms with E-state index in [4.69, 9.17) is 4.74 Å². The normalized spacial score (nSPS) is 27.6. The fourth-order valence-electron chi connectivity index (χ4n) is 2.98. The Hall–Kier alpha value is -2.54. The summed E-state index contributed by atoms with van der Waals surface area (Å²) in [6, 6.07) is 0.112. The summed E-state index contributed by atoms with van der Waals surface area (Å²) in [5, 5.41) is 37.6. The lowest BCUT2D eigenvalue weighted by atomic mass is 9.92. The zero-order valence-corrected chi connectivity index (χ0v) is 14.4. The van der Waals surface area contributed by atoms with Crippen LogP contribution in [0.1, 0.15) is 6.04 Å². The number of carbonyl (C=O) groups excluding carboxylic acids is 1. The smallest absolute Gasteiger partial charge is 0.337 e. The van der Waals surface area contributed by atoms with Crippen molar-refractivity contribution in [1.29, 1.82) is 0 Å². The van der Waals surface area contributed by atoms with Crippen molar-refractivity contribution in [3.05, 3.63) is 35.8 Å². The molecule has 1 aromatic carbocycles. The maximum atomic E-state index is 13.4. The molecule has 0 radical (unpaired) electrons. The molecule has 3 N–H and O–H groups in total. The Balaban J connectivity index is 1.97. The van der Waals surface area contributed by atoms with Crippen molar-refractivity contribution in [2.24, 2.45) is 0 Å². The Morgan fingerprint density at radius 2 is 1.89 bits per heavy atom. The van der Waals surface area contributed by atoms with Crippen LogP contribution in [0.15, 0.2) is 18.3 Å². The molecule has 5 atom stereocenters. The average molecular weight is 403 g/mol. The number of carbonyl (C=O) groups is 1. The molecule has 3 rings (SSSR count). The highest BCUT2D eigenvalue weighted by Gasteiger charge is 2.49. The molecule has 1 aromatic heterocycles. The van der Waals surface area contributed by atoms with Crippen LogP contribution in [0, 0.1) is 17.5 Å². The van der Waals surface area contributed by atoms with Crippen molar-refractivity contribution in [2.75, 3.05) is 13.7 Å². The first-order valence-corrected chi connectivity index (χ1v) is 8.05. The average Bonchev–Trinajstić information content (AvgIpc) is 3.15. The topological polar surface area (TPSA) is 127 Å². The molecule has 1 fully saturated rings. The highest BCUT2D eigenvalue weighted by atomic mass is 19.2. The number of ether oxygens (including phenoxy) is 2. The first-order valence-electron chi connectivity index (χ1n) is 8.05. The van der Waals surface area contributed by atoms with Crippen LogP contribution < -0.4 is 0 Å². The van der Waals surface area contributed by atoms with Crippen LogP contribution in [0.5, 0.6) is 0 Å². The second-order valence-electron chi connectivity index (χ2n) is 6.11. The van der Waals surface area contributed by atoms with Crippen molar-refractivity contribution < 1.29 is 42.8 Å². The lowest BCUT2D eigenvalue weighted by Crippen LogP contribution is -2.58. The summed E-state index contributed by atoms with van der Waals surface area (Å²) < 4.78 is 50.7. The summed E-state index contributed by atoms with van der Waals surface area (Å²) >= 11 is 0. The molecular formula is C16H16F3N3O6. The maximum Gasteiger partial charge on any atom is 0.337 e. The van der Waals surface area contributed by atoms with Gasteiger partial charge in [-0.15, -0.1) is 5.10 Å². The summed E-state index contributed by atoms with van der Waals surface area (Å²) in [5.41, 5.74) is -0.222. The first kappa shape index (κ1) is 20.2. The minimum Gasteiger partial charge on any atom is -0.467 e. The van der Waals surface area contributed by atoms with Crippen LogP contribution in [0.2, 0.25) is 0 Å². The van der Waals surface area contributed by atoms with E-state index in [1.54, 1.807) is 0 Å². The minimum absolute atomic E-state index is 0.0844. The number of hydrogen-bond donors (Lipinski definition) is 3. The van der Waals surface area contributed by atoms with Gasteiger partial charge >= 0.3 is 5.97 Å². The van der Waals surface area contributed by atoms with E-state index in [1.807, 2.05) is 0 Å². The fraction of sp³-hybridized carbons (Fsp3) is 0.438. The molecule has 1 aliphatic heterocycles. The molecule has 152 valence electrons. The molecule has 0 unspecified atom stereocenters. The predicted octanol–water partition coefficient (Wildman–Crippen LogP) is -0.442.